The number of rotatable bonds is 3. The maximum absolute atomic E-state index is 11.9. The van der Waals surface area contributed by atoms with Crippen molar-refractivity contribution in [1.29, 1.82) is 0 Å². The second-order valence-electron chi connectivity index (χ2n) is 5.85. The molecule has 0 saturated heterocycles. The van der Waals surface area contributed by atoms with Gasteiger partial charge < -0.3 is 10.4 Å². The first kappa shape index (κ1) is 17.9. The third-order valence-corrected chi connectivity index (χ3v) is 6.53. The first-order valence-electron chi connectivity index (χ1n) is 7.88. The molecule has 0 amide bonds. The smallest absolute Gasteiger partial charge is 0.334 e. The van der Waals surface area contributed by atoms with E-state index in [1.165, 1.54) is 12.1 Å². The molecule has 8 heteroatoms. The summed E-state index contributed by atoms with van der Waals surface area (Å²) in [4.78, 5) is 23.6. The molecule has 0 spiro atoms. The van der Waals surface area contributed by atoms with E-state index in [0.717, 1.165) is 34.3 Å². The highest BCUT2D eigenvalue weighted by Gasteiger charge is 2.35. The Morgan fingerprint density at radius 2 is 2.20 bits per heavy atom. The number of carbonyl (C=O) groups is 1. The predicted molar refractivity (Wildman–Crippen MR) is 101 cm³/mol. The molecule has 0 bridgehead atoms. The Morgan fingerprint density at radius 1 is 1.40 bits per heavy atom. The standard InChI is InChI=1S/C17H18N2O4S2/c1-10-14(17(20)21)15(11-4-2-5-12(8-11)19(22)23)16-13(18-10)9-24-6-3-7-25-16/h2,4-5,8,15,18H,3,6-7,9H2,1H3,(H,20,21). The Hall–Kier alpha value is -1.93. The number of nitro benzene ring substituents is 1. The Bertz CT molecular complexity index is 789. The van der Waals surface area contributed by atoms with E-state index in [0.29, 0.717) is 11.3 Å². The minimum Gasteiger partial charge on any atom is -0.478 e. The minimum atomic E-state index is -0.997. The fraction of sp³-hybridized carbons (Fsp3) is 0.353. The van der Waals surface area contributed by atoms with Crippen molar-refractivity contribution in [1.82, 2.24) is 5.32 Å². The Morgan fingerprint density at radius 3 is 2.92 bits per heavy atom. The van der Waals surface area contributed by atoms with Crippen LogP contribution in [0.1, 0.15) is 24.8 Å². The lowest BCUT2D eigenvalue weighted by Crippen LogP contribution is -2.29. The van der Waals surface area contributed by atoms with Crippen molar-refractivity contribution in [2.45, 2.75) is 19.3 Å². The molecule has 6 nitrogen and oxygen atoms in total. The summed E-state index contributed by atoms with van der Waals surface area (Å²) in [6.07, 6.45) is 1.05. The highest BCUT2D eigenvalue weighted by atomic mass is 32.2. The third kappa shape index (κ3) is 3.69. The Balaban J connectivity index is 2.14. The van der Waals surface area contributed by atoms with Crippen LogP contribution in [0.25, 0.3) is 0 Å². The molecule has 1 aromatic rings. The highest BCUT2D eigenvalue weighted by Crippen LogP contribution is 2.45. The molecule has 0 saturated carbocycles. The molecule has 2 aliphatic rings. The van der Waals surface area contributed by atoms with Crippen LogP contribution in [0.5, 0.6) is 0 Å². The van der Waals surface area contributed by atoms with Crippen molar-refractivity contribution in [3.8, 4) is 0 Å². The van der Waals surface area contributed by atoms with Gasteiger partial charge in [-0.15, -0.1) is 11.8 Å². The largest absolute Gasteiger partial charge is 0.478 e. The number of dihydropyridines is 1. The van der Waals surface area contributed by atoms with Gasteiger partial charge in [-0.25, -0.2) is 4.79 Å². The summed E-state index contributed by atoms with van der Waals surface area (Å²) in [5.74, 6) is 1.30. The van der Waals surface area contributed by atoms with Crippen LogP contribution in [0.2, 0.25) is 0 Å². The fourth-order valence-corrected chi connectivity index (χ4v) is 5.52. The number of thioether (sulfide) groups is 2. The van der Waals surface area contributed by atoms with Crippen LogP contribution in [-0.2, 0) is 4.79 Å². The first-order chi connectivity index (χ1) is 12.0. The van der Waals surface area contributed by atoms with E-state index in [9.17, 15) is 20.0 Å². The number of benzene rings is 1. The molecule has 132 valence electrons. The molecule has 0 radical (unpaired) electrons. The molecule has 2 N–H and O–H groups in total. The van der Waals surface area contributed by atoms with E-state index >= 15 is 0 Å². The molecule has 0 aliphatic carbocycles. The van der Waals surface area contributed by atoms with Crippen LogP contribution in [0.4, 0.5) is 5.69 Å². The fourth-order valence-electron chi connectivity index (χ4n) is 3.09. The van der Waals surface area contributed by atoms with Crippen LogP contribution in [-0.4, -0.2) is 33.3 Å². The van der Waals surface area contributed by atoms with Gasteiger partial charge in [-0.2, -0.15) is 11.8 Å². The van der Waals surface area contributed by atoms with Crippen molar-refractivity contribution < 1.29 is 14.8 Å². The van der Waals surface area contributed by atoms with Crippen molar-refractivity contribution >= 4 is 35.2 Å². The number of aliphatic carboxylic acids is 1. The monoisotopic (exact) mass is 378 g/mol. The van der Waals surface area contributed by atoms with Crippen LogP contribution in [0, 0.1) is 10.1 Å². The molecular formula is C17H18N2O4S2. The Labute approximate surface area is 153 Å². The van der Waals surface area contributed by atoms with E-state index in [1.54, 1.807) is 30.8 Å². The van der Waals surface area contributed by atoms with Gasteiger partial charge in [-0.3, -0.25) is 10.1 Å². The zero-order chi connectivity index (χ0) is 18.0. The summed E-state index contributed by atoms with van der Waals surface area (Å²) in [5, 5.41) is 24.2. The van der Waals surface area contributed by atoms with Crippen LogP contribution in [0.3, 0.4) is 0 Å². The number of nitrogens with zero attached hydrogens (tertiary/aromatic N) is 1. The maximum atomic E-state index is 11.9. The second kappa shape index (κ2) is 7.53. The summed E-state index contributed by atoms with van der Waals surface area (Å²) in [6.45, 7) is 1.76. The average Bonchev–Trinajstić information content (AvgIpc) is 2.55. The lowest BCUT2D eigenvalue weighted by molar-refractivity contribution is -0.384. The number of non-ortho nitro benzene ring substituents is 1. The maximum Gasteiger partial charge on any atom is 0.334 e. The van der Waals surface area contributed by atoms with E-state index in [1.807, 2.05) is 11.8 Å². The first-order valence-corrected chi connectivity index (χ1v) is 10.0. The van der Waals surface area contributed by atoms with Gasteiger partial charge in [0.05, 0.1) is 16.4 Å². The number of nitrogens with one attached hydrogen (secondary N) is 1. The summed E-state index contributed by atoms with van der Waals surface area (Å²) in [7, 11) is 0. The van der Waals surface area contributed by atoms with E-state index in [-0.39, 0.29) is 11.3 Å². The molecule has 0 aromatic heterocycles. The van der Waals surface area contributed by atoms with Crippen LogP contribution in [0.15, 0.2) is 46.1 Å². The molecule has 1 atom stereocenters. The number of carboxylic acids is 1. The number of carboxylic acid groups (broad SMARTS) is 1. The van der Waals surface area contributed by atoms with Crippen LogP contribution < -0.4 is 5.32 Å². The van der Waals surface area contributed by atoms with Gasteiger partial charge in [0.1, 0.15) is 0 Å². The van der Waals surface area contributed by atoms with Crippen LogP contribution >= 0.6 is 23.5 Å². The number of nitro groups is 1. The van der Waals surface area contributed by atoms with Gasteiger partial charge in [-0.05, 0) is 30.4 Å². The summed E-state index contributed by atoms with van der Waals surface area (Å²) >= 11 is 3.48. The molecule has 1 aromatic carbocycles. The van der Waals surface area contributed by atoms with E-state index in [4.69, 9.17) is 0 Å². The number of hydrogen-bond donors (Lipinski definition) is 2. The average molecular weight is 378 g/mol. The summed E-state index contributed by atoms with van der Waals surface area (Å²) in [6, 6.07) is 6.31. The van der Waals surface area contributed by atoms with Gasteiger partial charge in [-0.1, -0.05) is 12.1 Å². The van der Waals surface area contributed by atoms with Gasteiger partial charge >= 0.3 is 5.97 Å². The topological polar surface area (TPSA) is 92.5 Å². The second-order valence-corrected chi connectivity index (χ2v) is 8.09. The van der Waals surface area contributed by atoms with Gasteiger partial charge in [0.15, 0.2) is 0 Å². The molecule has 1 unspecified atom stereocenters. The Kier molecular flexibility index (Phi) is 5.39. The number of allylic oxidation sites excluding steroid dienone is 2. The molecular weight excluding hydrogens is 360 g/mol. The van der Waals surface area contributed by atoms with E-state index < -0.39 is 16.8 Å². The van der Waals surface area contributed by atoms with E-state index in [2.05, 4.69) is 5.32 Å². The third-order valence-electron chi connectivity index (χ3n) is 4.17. The van der Waals surface area contributed by atoms with Crippen molar-refractivity contribution in [3.63, 3.8) is 0 Å². The predicted octanol–water partition coefficient (Wildman–Crippen LogP) is 3.72. The molecule has 0 fully saturated rings. The zero-order valence-electron chi connectivity index (χ0n) is 13.7. The molecule has 2 heterocycles. The lowest BCUT2D eigenvalue weighted by atomic mass is 9.86. The molecule has 3 rings (SSSR count). The quantitative estimate of drug-likeness (QED) is 0.611. The molecule has 25 heavy (non-hydrogen) atoms. The van der Waals surface area contributed by atoms with Gasteiger partial charge in [0.2, 0.25) is 0 Å². The molecule has 2 aliphatic heterocycles. The minimum absolute atomic E-state index is 0.0224. The van der Waals surface area contributed by atoms with Crippen molar-refractivity contribution in [2.24, 2.45) is 0 Å². The summed E-state index contributed by atoms with van der Waals surface area (Å²) in [5.41, 5.74) is 2.51. The SMILES string of the molecule is CC1=C(C(=O)O)C(c2cccc([N+](=O)[O-])c2)C2=C(CSCCCS2)N1. The van der Waals surface area contributed by atoms with Gasteiger partial charge in [0.25, 0.3) is 5.69 Å². The van der Waals surface area contributed by atoms with Crippen molar-refractivity contribution in [3.05, 3.63) is 61.8 Å². The summed E-state index contributed by atoms with van der Waals surface area (Å²) < 4.78 is 0. The van der Waals surface area contributed by atoms with Gasteiger partial charge in [0, 0.05) is 34.2 Å². The van der Waals surface area contributed by atoms with Crippen molar-refractivity contribution in [2.75, 3.05) is 17.3 Å². The zero-order valence-corrected chi connectivity index (χ0v) is 15.3. The lowest BCUT2D eigenvalue weighted by Gasteiger charge is -2.32. The normalized spacial score (nSPS) is 21.1. The number of hydrogen-bond acceptors (Lipinski definition) is 6. The highest BCUT2D eigenvalue weighted by molar-refractivity contribution is 8.03.